The van der Waals surface area contributed by atoms with Crippen LogP contribution in [0.25, 0.3) is 0 Å². The van der Waals surface area contributed by atoms with Gasteiger partial charge in [-0.1, -0.05) is 12.1 Å². The molecule has 0 unspecified atom stereocenters. The van der Waals surface area contributed by atoms with E-state index in [-0.39, 0.29) is 5.54 Å². The van der Waals surface area contributed by atoms with Crippen molar-refractivity contribution in [3.05, 3.63) is 29.8 Å². The summed E-state index contributed by atoms with van der Waals surface area (Å²) in [7, 11) is 0. The van der Waals surface area contributed by atoms with Crippen molar-refractivity contribution in [1.29, 1.82) is 0 Å². The van der Waals surface area contributed by atoms with Crippen LogP contribution in [0.15, 0.2) is 24.3 Å². The average molecular weight is 207 g/mol. The highest BCUT2D eigenvalue weighted by atomic mass is 16.5. The van der Waals surface area contributed by atoms with Gasteiger partial charge in [-0.25, -0.2) is 0 Å². The number of ether oxygens (including phenoxy) is 1. The first-order valence-corrected chi connectivity index (χ1v) is 5.52. The smallest absolute Gasteiger partial charge is 0.119 e. The van der Waals surface area contributed by atoms with Gasteiger partial charge in [-0.3, -0.25) is 0 Å². The fourth-order valence-corrected chi connectivity index (χ4v) is 1.42. The lowest BCUT2D eigenvalue weighted by Crippen LogP contribution is -2.32. The number of rotatable bonds is 5. The van der Waals surface area contributed by atoms with Crippen LogP contribution in [0.1, 0.15) is 32.8 Å². The predicted octanol–water partition coefficient (Wildman–Crippen LogP) is 2.76. The van der Waals surface area contributed by atoms with E-state index < -0.39 is 0 Å². The molecule has 0 spiro atoms. The van der Waals surface area contributed by atoms with Crippen LogP contribution in [0, 0.1) is 0 Å². The second-order valence-corrected chi connectivity index (χ2v) is 4.57. The van der Waals surface area contributed by atoms with E-state index in [0.29, 0.717) is 6.61 Å². The van der Waals surface area contributed by atoms with Crippen molar-refractivity contribution in [1.82, 2.24) is 0 Å². The van der Waals surface area contributed by atoms with E-state index >= 15 is 0 Å². The van der Waals surface area contributed by atoms with Crippen molar-refractivity contribution in [3.8, 4) is 5.75 Å². The summed E-state index contributed by atoms with van der Waals surface area (Å²) < 4.78 is 5.45. The molecule has 0 aliphatic carbocycles. The van der Waals surface area contributed by atoms with Crippen LogP contribution in [0.3, 0.4) is 0 Å². The van der Waals surface area contributed by atoms with Crippen molar-refractivity contribution in [2.45, 2.75) is 39.2 Å². The van der Waals surface area contributed by atoms with Crippen LogP contribution in [0.4, 0.5) is 0 Å². The molecular formula is C13H21NO. The maximum atomic E-state index is 5.95. The van der Waals surface area contributed by atoms with Crippen molar-refractivity contribution >= 4 is 0 Å². The number of aryl methyl sites for hydroxylation is 1. The maximum absolute atomic E-state index is 5.95. The molecular weight excluding hydrogens is 186 g/mol. The number of hydrogen-bond donors (Lipinski definition) is 1. The quantitative estimate of drug-likeness (QED) is 0.805. The van der Waals surface area contributed by atoms with Gasteiger partial charge in [-0.15, -0.1) is 0 Å². The molecule has 0 radical (unpaired) electrons. The Kier molecular flexibility index (Phi) is 4.15. The Labute approximate surface area is 92.4 Å². The summed E-state index contributed by atoms with van der Waals surface area (Å²) in [5.41, 5.74) is 7.14. The first-order chi connectivity index (χ1) is 7.01. The number of nitrogens with two attached hydrogens (primary N) is 1. The number of benzene rings is 1. The SMILES string of the molecule is CCOc1cccc(CCC(C)(C)N)c1. The van der Waals surface area contributed by atoms with Crippen molar-refractivity contribution in [2.75, 3.05) is 6.61 Å². The Hall–Kier alpha value is -1.02. The fourth-order valence-electron chi connectivity index (χ4n) is 1.42. The summed E-state index contributed by atoms with van der Waals surface area (Å²) in [6.07, 6.45) is 1.99. The van der Waals surface area contributed by atoms with E-state index in [1.807, 2.05) is 19.1 Å². The van der Waals surface area contributed by atoms with Gasteiger partial charge in [-0.2, -0.15) is 0 Å². The molecule has 1 aromatic carbocycles. The topological polar surface area (TPSA) is 35.2 Å². The summed E-state index contributed by atoms with van der Waals surface area (Å²) >= 11 is 0. The molecule has 2 nitrogen and oxygen atoms in total. The second-order valence-electron chi connectivity index (χ2n) is 4.57. The largest absolute Gasteiger partial charge is 0.494 e. The Morgan fingerprint density at radius 3 is 2.67 bits per heavy atom. The molecule has 0 fully saturated rings. The summed E-state index contributed by atoms with van der Waals surface area (Å²) in [6, 6.07) is 8.23. The van der Waals surface area contributed by atoms with Crippen molar-refractivity contribution in [2.24, 2.45) is 5.73 Å². The average Bonchev–Trinajstić information content (AvgIpc) is 2.15. The summed E-state index contributed by atoms with van der Waals surface area (Å²) in [5.74, 6) is 0.949. The summed E-state index contributed by atoms with van der Waals surface area (Å²) in [4.78, 5) is 0. The van der Waals surface area contributed by atoms with E-state index in [4.69, 9.17) is 10.5 Å². The van der Waals surface area contributed by atoms with Gasteiger partial charge in [0, 0.05) is 5.54 Å². The van der Waals surface area contributed by atoms with E-state index in [0.717, 1.165) is 18.6 Å². The van der Waals surface area contributed by atoms with Gasteiger partial charge in [0.1, 0.15) is 5.75 Å². The van der Waals surface area contributed by atoms with Gasteiger partial charge in [0.05, 0.1) is 6.61 Å². The number of hydrogen-bond acceptors (Lipinski definition) is 2. The highest BCUT2D eigenvalue weighted by Gasteiger charge is 2.10. The molecule has 0 aromatic heterocycles. The monoisotopic (exact) mass is 207 g/mol. The van der Waals surface area contributed by atoms with Gasteiger partial charge in [0.15, 0.2) is 0 Å². The molecule has 84 valence electrons. The highest BCUT2D eigenvalue weighted by Crippen LogP contribution is 2.16. The van der Waals surface area contributed by atoms with Gasteiger partial charge in [0.2, 0.25) is 0 Å². The van der Waals surface area contributed by atoms with Crippen LogP contribution in [-0.2, 0) is 6.42 Å². The lowest BCUT2D eigenvalue weighted by Gasteiger charge is -2.18. The van der Waals surface area contributed by atoms with E-state index in [1.54, 1.807) is 0 Å². The molecule has 0 saturated heterocycles. The Bertz CT molecular complexity index is 302. The van der Waals surface area contributed by atoms with Crippen LogP contribution >= 0.6 is 0 Å². The summed E-state index contributed by atoms with van der Waals surface area (Å²) in [6.45, 7) is 6.82. The molecule has 2 heteroatoms. The molecule has 0 bridgehead atoms. The molecule has 0 amide bonds. The molecule has 1 aromatic rings. The van der Waals surface area contributed by atoms with Crippen LogP contribution in [0.5, 0.6) is 5.75 Å². The highest BCUT2D eigenvalue weighted by molar-refractivity contribution is 5.28. The zero-order chi connectivity index (χ0) is 11.3. The lowest BCUT2D eigenvalue weighted by atomic mass is 9.96. The third-order valence-corrected chi connectivity index (χ3v) is 2.27. The third-order valence-electron chi connectivity index (χ3n) is 2.27. The van der Waals surface area contributed by atoms with Gasteiger partial charge < -0.3 is 10.5 Å². The Balaban J connectivity index is 2.57. The minimum atomic E-state index is -0.0956. The van der Waals surface area contributed by atoms with Gasteiger partial charge in [0.25, 0.3) is 0 Å². The predicted molar refractivity (Wildman–Crippen MR) is 64.2 cm³/mol. The third kappa shape index (κ3) is 4.84. The van der Waals surface area contributed by atoms with Crippen molar-refractivity contribution in [3.63, 3.8) is 0 Å². The summed E-state index contributed by atoms with van der Waals surface area (Å²) in [5, 5.41) is 0. The molecule has 0 heterocycles. The fraction of sp³-hybridized carbons (Fsp3) is 0.538. The van der Waals surface area contributed by atoms with Gasteiger partial charge in [-0.05, 0) is 51.3 Å². The molecule has 0 atom stereocenters. The Morgan fingerprint density at radius 1 is 1.33 bits per heavy atom. The zero-order valence-corrected chi connectivity index (χ0v) is 9.92. The lowest BCUT2D eigenvalue weighted by molar-refractivity contribution is 0.339. The van der Waals surface area contributed by atoms with E-state index in [2.05, 4.69) is 26.0 Å². The molecule has 0 aliphatic rings. The van der Waals surface area contributed by atoms with E-state index in [9.17, 15) is 0 Å². The first kappa shape index (κ1) is 12.1. The second kappa shape index (κ2) is 5.17. The standard InChI is InChI=1S/C13H21NO/c1-4-15-12-7-5-6-11(10-12)8-9-13(2,3)14/h5-7,10H,4,8-9,14H2,1-3H3. The van der Waals surface area contributed by atoms with E-state index in [1.165, 1.54) is 5.56 Å². The zero-order valence-electron chi connectivity index (χ0n) is 9.92. The van der Waals surface area contributed by atoms with Crippen LogP contribution in [0.2, 0.25) is 0 Å². The maximum Gasteiger partial charge on any atom is 0.119 e. The molecule has 0 saturated carbocycles. The first-order valence-electron chi connectivity index (χ1n) is 5.52. The normalized spacial score (nSPS) is 11.5. The minimum Gasteiger partial charge on any atom is -0.494 e. The van der Waals surface area contributed by atoms with Crippen molar-refractivity contribution < 1.29 is 4.74 Å². The van der Waals surface area contributed by atoms with Gasteiger partial charge >= 0.3 is 0 Å². The molecule has 2 N–H and O–H groups in total. The van der Waals surface area contributed by atoms with Crippen LogP contribution < -0.4 is 10.5 Å². The molecule has 15 heavy (non-hydrogen) atoms. The molecule has 1 rings (SSSR count). The minimum absolute atomic E-state index is 0.0956. The van der Waals surface area contributed by atoms with Crippen LogP contribution in [-0.4, -0.2) is 12.1 Å². The molecule has 0 aliphatic heterocycles. The Morgan fingerprint density at radius 2 is 2.07 bits per heavy atom.